The molecule has 10 heteroatoms. The van der Waals surface area contributed by atoms with Gasteiger partial charge in [0.15, 0.2) is 11.5 Å². The van der Waals surface area contributed by atoms with Crippen molar-refractivity contribution in [2.75, 3.05) is 53.0 Å². The second kappa shape index (κ2) is 13.9. The van der Waals surface area contributed by atoms with Gasteiger partial charge in [-0.2, -0.15) is 0 Å². The molecule has 1 aliphatic carbocycles. The van der Waals surface area contributed by atoms with Crippen LogP contribution in [0.3, 0.4) is 0 Å². The SMILES string of the molecule is COC1=CC2=C(N3CCN(NC(=O)c4ccc(OC(C)C)cc4)CC3)C(=C=O)C=NC2C=C1OCCCC1CCNC1. The first kappa shape index (κ1) is 29.6. The second-order valence-corrected chi connectivity index (χ2v) is 11.2. The Labute approximate surface area is 247 Å². The van der Waals surface area contributed by atoms with E-state index in [1.807, 2.05) is 31.0 Å². The van der Waals surface area contributed by atoms with E-state index in [0.717, 1.165) is 48.9 Å². The fraction of sp³-hybridized carbons (Fsp3) is 0.500. The number of hydrogen-bond acceptors (Lipinski definition) is 9. The summed E-state index contributed by atoms with van der Waals surface area (Å²) in [6, 6.07) is 6.87. The van der Waals surface area contributed by atoms with Crippen molar-refractivity contribution in [2.45, 2.75) is 45.3 Å². The number of aliphatic imine (C=N–C) groups is 1. The van der Waals surface area contributed by atoms with Gasteiger partial charge in [-0.05, 0) is 88.5 Å². The van der Waals surface area contributed by atoms with E-state index in [2.05, 4.69) is 26.6 Å². The van der Waals surface area contributed by atoms with Gasteiger partial charge in [0, 0.05) is 43.5 Å². The van der Waals surface area contributed by atoms with Crippen LogP contribution in [0.2, 0.25) is 0 Å². The molecule has 224 valence electrons. The number of methoxy groups -OCH3 is 1. The average molecular weight is 576 g/mol. The summed E-state index contributed by atoms with van der Waals surface area (Å²) >= 11 is 0. The Morgan fingerprint density at radius 3 is 2.62 bits per heavy atom. The van der Waals surface area contributed by atoms with Crippen molar-refractivity contribution in [3.8, 4) is 5.75 Å². The van der Waals surface area contributed by atoms with Crippen LogP contribution in [0.15, 0.2) is 69.8 Å². The quantitative estimate of drug-likeness (QED) is 0.307. The summed E-state index contributed by atoms with van der Waals surface area (Å²) in [5, 5.41) is 5.32. The molecule has 0 aromatic heterocycles. The van der Waals surface area contributed by atoms with E-state index in [0.29, 0.717) is 55.4 Å². The summed E-state index contributed by atoms with van der Waals surface area (Å²) in [4.78, 5) is 31.6. The first-order valence-electron chi connectivity index (χ1n) is 14.9. The molecule has 1 amide bonds. The molecule has 2 saturated heterocycles. The van der Waals surface area contributed by atoms with Gasteiger partial charge in [-0.1, -0.05) is 0 Å². The molecule has 0 spiro atoms. The van der Waals surface area contributed by atoms with Crippen molar-refractivity contribution in [2.24, 2.45) is 10.9 Å². The highest BCUT2D eigenvalue weighted by Gasteiger charge is 2.32. The van der Waals surface area contributed by atoms with Crippen LogP contribution in [0.1, 0.15) is 43.5 Å². The van der Waals surface area contributed by atoms with Gasteiger partial charge in [-0.25, -0.2) is 9.80 Å². The van der Waals surface area contributed by atoms with Gasteiger partial charge in [-0.3, -0.25) is 15.2 Å². The Bertz CT molecular complexity index is 1290. The minimum Gasteiger partial charge on any atom is -0.493 e. The van der Waals surface area contributed by atoms with Gasteiger partial charge in [0.25, 0.3) is 5.91 Å². The lowest BCUT2D eigenvalue weighted by atomic mass is 9.92. The van der Waals surface area contributed by atoms with Gasteiger partial charge < -0.3 is 24.4 Å². The number of amides is 1. The Kier molecular flexibility index (Phi) is 9.79. The van der Waals surface area contributed by atoms with E-state index < -0.39 is 0 Å². The van der Waals surface area contributed by atoms with Crippen molar-refractivity contribution in [1.82, 2.24) is 20.7 Å². The molecule has 2 unspecified atom stereocenters. The van der Waals surface area contributed by atoms with Crippen molar-refractivity contribution >= 4 is 18.1 Å². The van der Waals surface area contributed by atoms with Crippen molar-refractivity contribution in [3.05, 3.63) is 70.3 Å². The number of hydrazine groups is 1. The molecule has 42 heavy (non-hydrogen) atoms. The topological polar surface area (TPSA) is 105 Å². The number of fused-ring (bicyclic) bond motifs is 1. The second-order valence-electron chi connectivity index (χ2n) is 11.2. The molecule has 1 aromatic carbocycles. The predicted octanol–water partition coefficient (Wildman–Crippen LogP) is 3.04. The minimum absolute atomic E-state index is 0.0722. The van der Waals surface area contributed by atoms with Crippen LogP contribution < -0.4 is 15.5 Å². The lowest BCUT2D eigenvalue weighted by Crippen LogP contribution is -2.53. The van der Waals surface area contributed by atoms with Crippen LogP contribution in [-0.2, 0) is 14.3 Å². The molecule has 10 nitrogen and oxygen atoms in total. The summed E-state index contributed by atoms with van der Waals surface area (Å²) < 4.78 is 17.5. The van der Waals surface area contributed by atoms with E-state index >= 15 is 0 Å². The first-order valence-corrected chi connectivity index (χ1v) is 14.9. The number of ether oxygens (including phenoxy) is 3. The number of carbonyl (C=O) groups excluding carboxylic acids is 2. The third-order valence-electron chi connectivity index (χ3n) is 7.90. The largest absolute Gasteiger partial charge is 0.493 e. The van der Waals surface area contributed by atoms with E-state index in [9.17, 15) is 9.59 Å². The number of allylic oxidation sites excluding steroid dienone is 1. The average Bonchev–Trinajstić information content (AvgIpc) is 3.52. The number of hydrogen-bond donors (Lipinski definition) is 2. The highest BCUT2D eigenvalue weighted by atomic mass is 16.5. The molecule has 2 fully saturated rings. The lowest BCUT2D eigenvalue weighted by Gasteiger charge is -2.39. The van der Waals surface area contributed by atoms with E-state index in [1.54, 1.807) is 37.6 Å². The molecular formula is C32H41N5O5. The number of nitrogens with zero attached hydrogens (tertiary/aromatic N) is 3. The van der Waals surface area contributed by atoms with Gasteiger partial charge in [0.1, 0.15) is 17.3 Å². The highest BCUT2D eigenvalue weighted by molar-refractivity contribution is 5.97. The number of carbonyl (C=O) groups is 1. The van der Waals surface area contributed by atoms with Crippen molar-refractivity contribution in [1.29, 1.82) is 0 Å². The van der Waals surface area contributed by atoms with Crippen LogP contribution in [0, 0.1) is 5.92 Å². The summed E-state index contributed by atoms with van der Waals surface area (Å²) in [7, 11) is 1.63. The Morgan fingerprint density at radius 1 is 1.17 bits per heavy atom. The maximum atomic E-state index is 12.8. The molecule has 0 bridgehead atoms. The van der Waals surface area contributed by atoms with E-state index in [-0.39, 0.29) is 18.1 Å². The normalized spacial score (nSPS) is 22.4. The molecule has 5 rings (SSSR count). The third kappa shape index (κ3) is 7.13. The van der Waals surface area contributed by atoms with Gasteiger partial charge >= 0.3 is 0 Å². The predicted molar refractivity (Wildman–Crippen MR) is 161 cm³/mol. The van der Waals surface area contributed by atoms with Crippen LogP contribution >= 0.6 is 0 Å². The Morgan fingerprint density at radius 2 is 1.95 bits per heavy atom. The van der Waals surface area contributed by atoms with Crippen LogP contribution in [0.25, 0.3) is 0 Å². The van der Waals surface area contributed by atoms with Crippen LogP contribution in [0.5, 0.6) is 5.75 Å². The zero-order chi connectivity index (χ0) is 29.5. The monoisotopic (exact) mass is 575 g/mol. The number of benzene rings is 1. The van der Waals surface area contributed by atoms with E-state index in [4.69, 9.17) is 14.2 Å². The van der Waals surface area contributed by atoms with Crippen LogP contribution in [-0.4, -0.2) is 93.1 Å². The molecule has 3 aliphatic heterocycles. The zero-order valence-electron chi connectivity index (χ0n) is 24.7. The van der Waals surface area contributed by atoms with Gasteiger partial charge in [0.05, 0.1) is 31.6 Å². The standard InChI is InChI=1S/C32H41N5O5/c1-22(2)42-26-8-6-24(7-9-26)32(39)35-37-14-12-36(13-15-37)31-25(21-38)20-34-28-18-30(29(40-3)17-27(28)31)41-16-4-5-23-10-11-33-19-23/h6-9,17-18,20,22-23,28,33H,4-5,10-16,19H2,1-3H3,(H,35,39). The summed E-state index contributed by atoms with van der Waals surface area (Å²) in [6.45, 7) is 9.16. The number of dihydropyridines is 1. The Hall–Kier alpha value is -3.85. The molecule has 1 aromatic rings. The molecule has 2 N–H and O–H groups in total. The minimum atomic E-state index is -0.273. The smallest absolute Gasteiger partial charge is 0.265 e. The third-order valence-corrected chi connectivity index (χ3v) is 7.90. The van der Waals surface area contributed by atoms with Gasteiger partial charge in [-0.15, -0.1) is 0 Å². The summed E-state index contributed by atoms with van der Waals surface area (Å²) in [5.41, 5.74) is 5.67. The van der Waals surface area contributed by atoms with E-state index in [1.165, 1.54) is 6.42 Å². The number of nitrogens with one attached hydrogen (secondary N) is 2. The summed E-state index contributed by atoms with van der Waals surface area (Å²) in [5.74, 6) is 4.67. The highest BCUT2D eigenvalue weighted by Crippen LogP contribution is 2.34. The van der Waals surface area contributed by atoms with Crippen molar-refractivity contribution < 1.29 is 23.8 Å². The van der Waals surface area contributed by atoms with Gasteiger partial charge in [0.2, 0.25) is 0 Å². The summed E-state index contributed by atoms with van der Waals surface area (Å²) in [6.07, 6.45) is 8.94. The maximum absolute atomic E-state index is 12.8. The fourth-order valence-corrected chi connectivity index (χ4v) is 5.74. The molecular weight excluding hydrogens is 534 g/mol. The lowest BCUT2D eigenvalue weighted by molar-refractivity contribution is 0.0674. The van der Waals surface area contributed by atoms with Crippen LogP contribution in [0.4, 0.5) is 0 Å². The Balaban J connectivity index is 1.21. The molecule has 2 atom stereocenters. The number of rotatable bonds is 11. The first-order chi connectivity index (χ1) is 20.4. The maximum Gasteiger partial charge on any atom is 0.265 e. The molecule has 4 aliphatic rings. The molecule has 0 radical (unpaired) electrons. The van der Waals surface area contributed by atoms with Crippen molar-refractivity contribution in [3.63, 3.8) is 0 Å². The zero-order valence-corrected chi connectivity index (χ0v) is 24.7. The number of piperazine rings is 1. The molecule has 3 heterocycles. The molecule has 0 saturated carbocycles. The fourth-order valence-electron chi connectivity index (χ4n) is 5.74.